The molecule has 1 saturated heterocycles. The van der Waals surface area contributed by atoms with Gasteiger partial charge in [0, 0.05) is 18.4 Å². The summed E-state index contributed by atoms with van der Waals surface area (Å²) in [6.45, 7) is 3.38. The molecule has 2 heterocycles. The normalized spacial score (nSPS) is 17.6. The third-order valence-electron chi connectivity index (χ3n) is 3.91. The van der Waals surface area contributed by atoms with Crippen LogP contribution in [0.25, 0.3) is 0 Å². The van der Waals surface area contributed by atoms with Crippen molar-refractivity contribution in [1.29, 1.82) is 0 Å². The first-order valence-electron chi connectivity index (χ1n) is 7.83. The van der Waals surface area contributed by atoms with Crippen molar-refractivity contribution in [3.63, 3.8) is 0 Å². The number of ether oxygens (including phenoxy) is 3. The van der Waals surface area contributed by atoms with Crippen LogP contribution >= 0.6 is 0 Å². The zero-order valence-electron chi connectivity index (χ0n) is 13.8. The molecule has 7 heteroatoms. The van der Waals surface area contributed by atoms with Crippen molar-refractivity contribution in [2.24, 2.45) is 0 Å². The highest BCUT2D eigenvalue weighted by Crippen LogP contribution is 2.23. The van der Waals surface area contributed by atoms with Crippen molar-refractivity contribution in [2.75, 3.05) is 33.5 Å². The summed E-state index contributed by atoms with van der Waals surface area (Å²) in [6, 6.07) is 6.93. The fraction of sp³-hybridized carbons (Fsp3) is 0.412. The zero-order valence-corrected chi connectivity index (χ0v) is 13.8. The molecule has 1 fully saturated rings. The number of aromatic nitrogens is 2. The standard InChI is InChI=1S/C17H21N3O4/c1-12-9-18-17(19-12)15-10-23-8-7-20(15)16(21)11-24-14-5-3-13(22-2)4-6-14/h3-6,9,15H,7-8,10-11H2,1-2H3,(H,18,19)/t15-/m0/s1. The number of morpholine rings is 1. The van der Waals surface area contributed by atoms with Crippen LogP contribution in [-0.2, 0) is 9.53 Å². The Hall–Kier alpha value is -2.54. The Labute approximate surface area is 140 Å². The van der Waals surface area contributed by atoms with E-state index in [0.717, 1.165) is 17.3 Å². The van der Waals surface area contributed by atoms with E-state index in [2.05, 4.69) is 9.97 Å². The van der Waals surface area contributed by atoms with Crippen molar-refractivity contribution < 1.29 is 19.0 Å². The number of carbonyl (C=O) groups excluding carboxylic acids is 1. The van der Waals surface area contributed by atoms with E-state index in [0.29, 0.717) is 25.5 Å². The number of aromatic amines is 1. The molecular formula is C17H21N3O4. The van der Waals surface area contributed by atoms with Crippen molar-refractivity contribution >= 4 is 5.91 Å². The van der Waals surface area contributed by atoms with E-state index in [1.165, 1.54) is 0 Å². The lowest BCUT2D eigenvalue weighted by Gasteiger charge is -2.34. The number of aryl methyl sites for hydroxylation is 1. The Morgan fingerprint density at radius 2 is 2.12 bits per heavy atom. The van der Waals surface area contributed by atoms with Crippen molar-refractivity contribution in [1.82, 2.24) is 14.9 Å². The van der Waals surface area contributed by atoms with Crippen LogP contribution < -0.4 is 9.47 Å². The summed E-state index contributed by atoms with van der Waals surface area (Å²) in [5, 5.41) is 0. The molecule has 7 nitrogen and oxygen atoms in total. The highest BCUT2D eigenvalue weighted by molar-refractivity contribution is 5.78. The van der Waals surface area contributed by atoms with Crippen LogP contribution in [0.2, 0.25) is 0 Å². The van der Waals surface area contributed by atoms with Crippen LogP contribution in [0.15, 0.2) is 30.5 Å². The summed E-state index contributed by atoms with van der Waals surface area (Å²) in [7, 11) is 1.61. The van der Waals surface area contributed by atoms with Crippen LogP contribution in [0.3, 0.4) is 0 Å². The Morgan fingerprint density at radius 3 is 2.79 bits per heavy atom. The van der Waals surface area contributed by atoms with Gasteiger partial charge in [0.05, 0.1) is 20.3 Å². The van der Waals surface area contributed by atoms with Crippen LogP contribution in [0.5, 0.6) is 11.5 Å². The van der Waals surface area contributed by atoms with E-state index in [4.69, 9.17) is 14.2 Å². The number of benzene rings is 1. The first kappa shape index (κ1) is 16.3. The number of amides is 1. The molecule has 1 N–H and O–H groups in total. The van der Waals surface area contributed by atoms with Gasteiger partial charge in [0.2, 0.25) is 0 Å². The Kier molecular flexibility index (Phi) is 5.00. The molecule has 1 aromatic heterocycles. The first-order chi connectivity index (χ1) is 11.7. The molecular weight excluding hydrogens is 310 g/mol. The summed E-state index contributed by atoms with van der Waals surface area (Å²) < 4.78 is 16.2. The Bertz CT molecular complexity index is 683. The number of hydrogen-bond donors (Lipinski definition) is 1. The third-order valence-corrected chi connectivity index (χ3v) is 3.91. The van der Waals surface area contributed by atoms with Crippen molar-refractivity contribution in [2.45, 2.75) is 13.0 Å². The second kappa shape index (κ2) is 7.35. The van der Waals surface area contributed by atoms with E-state index in [-0.39, 0.29) is 18.6 Å². The van der Waals surface area contributed by atoms with E-state index in [9.17, 15) is 4.79 Å². The minimum atomic E-state index is -0.209. The monoisotopic (exact) mass is 331 g/mol. The van der Waals surface area contributed by atoms with Gasteiger partial charge in [0.15, 0.2) is 6.61 Å². The average molecular weight is 331 g/mol. The largest absolute Gasteiger partial charge is 0.497 e. The summed E-state index contributed by atoms with van der Waals surface area (Å²) >= 11 is 0. The number of nitrogens with zero attached hydrogens (tertiary/aromatic N) is 2. The van der Waals surface area contributed by atoms with E-state index in [1.807, 2.05) is 6.92 Å². The fourth-order valence-electron chi connectivity index (χ4n) is 2.63. The van der Waals surface area contributed by atoms with Crippen LogP contribution in [-0.4, -0.2) is 54.3 Å². The molecule has 0 bridgehead atoms. The summed E-state index contributed by atoms with van der Waals surface area (Å²) in [5.41, 5.74) is 0.956. The smallest absolute Gasteiger partial charge is 0.261 e. The Morgan fingerprint density at radius 1 is 1.38 bits per heavy atom. The number of imidazole rings is 1. The predicted molar refractivity (Wildman–Crippen MR) is 87.1 cm³/mol. The van der Waals surface area contributed by atoms with Gasteiger partial charge in [0.25, 0.3) is 5.91 Å². The maximum Gasteiger partial charge on any atom is 0.261 e. The molecule has 3 rings (SSSR count). The van der Waals surface area contributed by atoms with Gasteiger partial charge < -0.3 is 24.1 Å². The molecule has 2 aromatic rings. The molecule has 24 heavy (non-hydrogen) atoms. The number of carbonyl (C=O) groups is 1. The topological polar surface area (TPSA) is 76.7 Å². The minimum absolute atomic E-state index is 0.0253. The number of H-pyrrole nitrogens is 1. The molecule has 1 aliphatic heterocycles. The second-order valence-electron chi connectivity index (χ2n) is 5.59. The van der Waals surface area contributed by atoms with E-state index >= 15 is 0 Å². The lowest BCUT2D eigenvalue weighted by atomic mass is 10.2. The van der Waals surface area contributed by atoms with Crippen molar-refractivity contribution in [3.8, 4) is 11.5 Å². The minimum Gasteiger partial charge on any atom is -0.497 e. The number of methoxy groups -OCH3 is 1. The molecule has 0 aliphatic carbocycles. The lowest BCUT2D eigenvalue weighted by Crippen LogP contribution is -2.45. The molecule has 128 valence electrons. The average Bonchev–Trinajstić information content (AvgIpc) is 3.06. The van der Waals surface area contributed by atoms with Gasteiger partial charge in [-0.1, -0.05) is 0 Å². The first-order valence-corrected chi connectivity index (χ1v) is 7.83. The quantitative estimate of drug-likeness (QED) is 0.902. The highest BCUT2D eigenvalue weighted by Gasteiger charge is 2.30. The number of rotatable bonds is 5. The Balaban J connectivity index is 1.63. The number of nitrogens with one attached hydrogen (secondary N) is 1. The maximum absolute atomic E-state index is 12.6. The van der Waals surface area contributed by atoms with Gasteiger partial charge in [-0.25, -0.2) is 4.98 Å². The van der Waals surface area contributed by atoms with E-state index < -0.39 is 0 Å². The highest BCUT2D eigenvalue weighted by atomic mass is 16.5. The summed E-state index contributed by atoms with van der Waals surface area (Å²) in [4.78, 5) is 21.8. The van der Waals surface area contributed by atoms with Gasteiger partial charge in [0.1, 0.15) is 23.4 Å². The van der Waals surface area contributed by atoms with Crippen molar-refractivity contribution in [3.05, 3.63) is 42.0 Å². The van der Waals surface area contributed by atoms with Gasteiger partial charge >= 0.3 is 0 Å². The zero-order chi connectivity index (χ0) is 16.9. The second-order valence-corrected chi connectivity index (χ2v) is 5.59. The molecule has 0 unspecified atom stereocenters. The van der Waals surface area contributed by atoms with Gasteiger partial charge in [-0.15, -0.1) is 0 Å². The van der Waals surface area contributed by atoms with Crippen LogP contribution in [0, 0.1) is 6.92 Å². The third kappa shape index (κ3) is 3.68. The van der Waals surface area contributed by atoms with Gasteiger partial charge in [-0.3, -0.25) is 4.79 Å². The summed E-state index contributed by atoms with van der Waals surface area (Å²) in [5.74, 6) is 2.02. The summed E-state index contributed by atoms with van der Waals surface area (Å²) in [6.07, 6.45) is 1.75. The van der Waals surface area contributed by atoms with Gasteiger partial charge in [-0.2, -0.15) is 0 Å². The fourth-order valence-corrected chi connectivity index (χ4v) is 2.63. The maximum atomic E-state index is 12.6. The molecule has 0 spiro atoms. The molecule has 1 aromatic carbocycles. The lowest BCUT2D eigenvalue weighted by molar-refractivity contribution is -0.142. The molecule has 1 atom stereocenters. The molecule has 1 amide bonds. The predicted octanol–water partition coefficient (Wildman–Crippen LogP) is 1.71. The molecule has 0 radical (unpaired) electrons. The van der Waals surface area contributed by atoms with Crippen LogP contribution in [0.4, 0.5) is 0 Å². The molecule has 0 saturated carbocycles. The molecule has 1 aliphatic rings. The number of hydrogen-bond acceptors (Lipinski definition) is 5. The van der Waals surface area contributed by atoms with Crippen LogP contribution in [0.1, 0.15) is 17.6 Å². The SMILES string of the molecule is COc1ccc(OCC(=O)N2CCOC[C@H]2c2ncc(C)[nH]2)cc1. The van der Waals surface area contributed by atoms with Gasteiger partial charge in [-0.05, 0) is 31.2 Å². The van der Waals surface area contributed by atoms with E-state index in [1.54, 1.807) is 42.5 Å².